The van der Waals surface area contributed by atoms with Crippen LogP contribution in [0.5, 0.6) is 0 Å². The van der Waals surface area contributed by atoms with E-state index >= 15 is 0 Å². The van der Waals surface area contributed by atoms with Gasteiger partial charge in [0.25, 0.3) is 12.4 Å². The Hall–Kier alpha value is -2.22. The highest BCUT2D eigenvalue weighted by Crippen LogP contribution is 2.18. The Morgan fingerprint density at radius 3 is 2.64 bits per heavy atom. The van der Waals surface area contributed by atoms with Gasteiger partial charge >= 0.3 is 0 Å². The Balaban J connectivity index is 0.000000701. The number of aromatic nitrogens is 2. The maximum Gasteiger partial charge on any atom is 0.290 e. The number of anilines is 1. The molecule has 8 nitrogen and oxygen atoms in total. The van der Waals surface area contributed by atoms with Gasteiger partial charge in [-0.15, -0.1) is 0 Å². The Morgan fingerprint density at radius 2 is 2.04 bits per heavy atom. The minimum atomic E-state index is -0.250. The Labute approximate surface area is 148 Å². The van der Waals surface area contributed by atoms with E-state index in [2.05, 4.69) is 26.8 Å². The first kappa shape index (κ1) is 19.1. The second kappa shape index (κ2) is 9.31. The molecule has 1 aromatic rings. The fraction of sp³-hybridized carbons (Fsp3) is 0.647. The van der Waals surface area contributed by atoms with E-state index in [-0.39, 0.29) is 12.4 Å². The third-order valence-corrected chi connectivity index (χ3v) is 4.65. The zero-order valence-electron chi connectivity index (χ0n) is 15.0. The molecule has 1 atom stereocenters. The minimum Gasteiger partial charge on any atom is -0.483 e. The van der Waals surface area contributed by atoms with Crippen LogP contribution in [-0.4, -0.2) is 84.1 Å². The third-order valence-electron chi connectivity index (χ3n) is 4.65. The van der Waals surface area contributed by atoms with Crippen molar-refractivity contribution in [3.05, 3.63) is 18.1 Å². The maximum absolute atomic E-state index is 12.4. The first-order valence-corrected chi connectivity index (χ1v) is 8.64. The van der Waals surface area contributed by atoms with Gasteiger partial charge in [0.15, 0.2) is 0 Å². The lowest BCUT2D eigenvalue weighted by atomic mass is 10.1. The van der Waals surface area contributed by atoms with Crippen molar-refractivity contribution in [2.75, 3.05) is 51.7 Å². The molecule has 0 aliphatic carbocycles. The highest BCUT2D eigenvalue weighted by atomic mass is 16.3. The summed E-state index contributed by atoms with van der Waals surface area (Å²) < 4.78 is 0. The van der Waals surface area contributed by atoms with E-state index in [4.69, 9.17) is 9.90 Å². The van der Waals surface area contributed by atoms with E-state index in [9.17, 15) is 4.79 Å². The fourth-order valence-electron chi connectivity index (χ4n) is 3.38. The minimum absolute atomic E-state index is 0.0147. The number of hydrogen-bond donors (Lipinski definition) is 1. The van der Waals surface area contributed by atoms with Crippen LogP contribution in [0.4, 0.5) is 5.82 Å². The van der Waals surface area contributed by atoms with Crippen LogP contribution in [0.3, 0.4) is 0 Å². The average Bonchev–Trinajstić information content (AvgIpc) is 3.27. The number of carbonyl (C=O) groups excluding carboxylic acids is 1. The molecule has 8 heteroatoms. The number of amides is 1. The molecule has 2 aliphatic heterocycles. The van der Waals surface area contributed by atoms with Gasteiger partial charge in [0.2, 0.25) is 0 Å². The van der Waals surface area contributed by atoms with Crippen LogP contribution < -0.4 is 4.90 Å². The molecule has 2 saturated heterocycles. The van der Waals surface area contributed by atoms with Gasteiger partial charge in [-0.3, -0.25) is 14.6 Å². The number of carboxylic acid groups (broad SMARTS) is 1. The quantitative estimate of drug-likeness (QED) is 0.804. The summed E-state index contributed by atoms with van der Waals surface area (Å²) in [5, 5.41) is 6.89. The molecule has 138 valence electrons. The summed E-state index contributed by atoms with van der Waals surface area (Å²) in [6.07, 6.45) is 6.74. The zero-order chi connectivity index (χ0) is 18.2. The van der Waals surface area contributed by atoms with Crippen LogP contribution in [0.1, 0.15) is 29.8 Å². The molecule has 0 aromatic carbocycles. The lowest BCUT2D eigenvalue weighted by molar-refractivity contribution is -0.122. The molecule has 0 spiro atoms. The van der Waals surface area contributed by atoms with Crippen molar-refractivity contribution in [1.82, 2.24) is 19.8 Å². The van der Waals surface area contributed by atoms with Gasteiger partial charge in [0.1, 0.15) is 11.5 Å². The van der Waals surface area contributed by atoms with Crippen molar-refractivity contribution in [1.29, 1.82) is 0 Å². The molecular weight excluding hydrogens is 322 g/mol. The predicted molar refractivity (Wildman–Crippen MR) is 94.7 cm³/mol. The second-order valence-corrected chi connectivity index (χ2v) is 6.66. The fourth-order valence-corrected chi connectivity index (χ4v) is 3.38. The summed E-state index contributed by atoms with van der Waals surface area (Å²) in [5.74, 6) is 1.47. The standard InChI is InChI=1S/C16H25N5O.CH2O2/c1-19-8-5-13(11-19)12-20(2)15-10-17-9-14(18-15)16(22)21-6-3-4-7-21;2-1-3/h9-10,13H,3-8,11-12H2,1-2H3;1H,(H,2,3). The van der Waals surface area contributed by atoms with Crippen LogP contribution in [0.25, 0.3) is 0 Å². The van der Waals surface area contributed by atoms with Gasteiger partial charge < -0.3 is 19.8 Å². The first-order chi connectivity index (χ1) is 12.0. The summed E-state index contributed by atoms with van der Waals surface area (Å²) in [7, 11) is 4.20. The molecule has 3 heterocycles. The molecule has 2 aliphatic rings. The van der Waals surface area contributed by atoms with Crippen LogP contribution >= 0.6 is 0 Å². The van der Waals surface area contributed by atoms with Crippen molar-refractivity contribution in [2.24, 2.45) is 5.92 Å². The van der Waals surface area contributed by atoms with Crippen molar-refractivity contribution in [3.8, 4) is 0 Å². The Bertz CT molecular complexity index is 577. The Kier molecular flexibility index (Phi) is 7.12. The van der Waals surface area contributed by atoms with Gasteiger partial charge in [-0.1, -0.05) is 0 Å². The van der Waals surface area contributed by atoms with Crippen LogP contribution in [-0.2, 0) is 4.79 Å². The summed E-state index contributed by atoms with van der Waals surface area (Å²) in [5.41, 5.74) is 0.467. The molecular formula is C17H27N5O3. The Morgan fingerprint density at radius 1 is 1.36 bits per heavy atom. The molecule has 1 aromatic heterocycles. The van der Waals surface area contributed by atoms with E-state index in [0.29, 0.717) is 11.6 Å². The van der Waals surface area contributed by atoms with E-state index in [1.54, 1.807) is 12.4 Å². The van der Waals surface area contributed by atoms with Crippen molar-refractivity contribution in [2.45, 2.75) is 19.3 Å². The van der Waals surface area contributed by atoms with Gasteiger partial charge in [-0.05, 0) is 38.8 Å². The van der Waals surface area contributed by atoms with Crippen molar-refractivity contribution in [3.63, 3.8) is 0 Å². The summed E-state index contributed by atoms with van der Waals surface area (Å²) in [4.78, 5) is 35.9. The number of rotatable bonds is 4. The molecule has 25 heavy (non-hydrogen) atoms. The van der Waals surface area contributed by atoms with Crippen LogP contribution in [0.15, 0.2) is 12.4 Å². The van der Waals surface area contributed by atoms with Gasteiger partial charge in [0, 0.05) is 33.2 Å². The van der Waals surface area contributed by atoms with E-state index in [0.717, 1.165) is 51.4 Å². The molecule has 0 saturated carbocycles. The summed E-state index contributed by atoms with van der Waals surface area (Å²) >= 11 is 0. The smallest absolute Gasteiger partial charge is 0.290 e. The van der Waals surface area contributed by atoms with Crippen molar-refractivity contribution >= 4 is 18.2 Å². The lowest BCUT2D eigenvalue weighted by Crippen LogP contribution is -2.31. The molecule has 0 radical (unpaired) electrons. The molecule has 1 amide bonds. The maximum atomic E-state index is 12.4. The zero-order valence-corrected chi connectivity index (χ0v) is 15.0. The second-order valence-electron chi connectivity index (χ2n) is 6.66. The molecule has 1 unspecified atom stereocenters. The van der Waals surface area contributed by atoms with Gasteiger partial charge in [-0.25, -0.2) is 4.98 Å². The van der Waals surface area contributed by atoms with E-state index in [1.165, 1.54) is 6.42 Å². The van der Waals surface area contributed by atoms with E-state index in [1.807, 2.05) is 11.9 Å². The monoisotopic (exact) mass is 349 g/mol. The van der Waals surface area contributed by atoms with Gasteiger partial charge in [-0.2, -0.15) is 0 Å². The molecule has 0 bridgehead atoms. The summed E-state index contributed by atoms with van der Waals surface area (Å²) in [6, 6.07) is 0. The SMILES string of the molecule is CN1CCC(CN(C)c2cncc(C(=O)N3CCCC3)n2)C1.O=CO. The van der Waals surface area contributed by atoms with Gasteiger partial charge in [0.05, 0.1) is 12.4 Å². The third kappa shape index (κ3) is 5.38. The largest absolute Gasteiger partial charge is 0.483 e. The molecule has 1 N–H and O–H groups in total. The highest BCUT2D eigenvalue weighted by molar-refractivity contribution is 5.92. The summed E-state index contributed by atoms with van der Waals surface area (Å²) in [6.45, 7) is 4.69. The number of likely N-dealkylation sites (tertiary alicyclic amines) is 2. The number of hydrogen-bond acceptors (Lipinski definition) is 6. The molecule has 2 fully saturated rings. The first-order valence-electron chi connectivity index (χ1n) is 8.64. The average molecular weight is 349 g/mol. The van der Waals surface area contributed by atoms with Crippen LogP contribution in [0, 0.1) is 5.92 Å². The topological polar surface area (TPSA) is 89.9 Å². The highest BCUT2D eigenvalue weighted by Gasteiger charge is 2.23. The van der Waals surface area contributed by atoms with Crippen LogP contribution in [0.2, 0.25) is 0 Å². The van der Waals surface area contributed by atoms with Crippen molar-refractivity contribution < 1.29 is 14.7 Å². The lowest BCUT2D eigenvalue weighted by Gasteiger charge is -2.22. The van der Waals surface area contributed by atoms with E-state index < -0.39 is 0 Å². The number of carbonyl (C=O) groups is 2. The number of nitrogens with zero attached hydrogens (tertiary/aromatic N) is 5. The molecule has 3 rings (SSSR count). The normalized spacial score (nSPS) is 20.1. The predicted octanol–water partition coefficient (Wildman–Crippen LogP) is 0.801.